The number of aromatic nitrogens is 1. The lowest BCUT2D eigenvalue weighted by molar-refractivity contribution is -0.132. The molecule has 0 spiro atoms. The second-order valence-electron chi connectivity index (χ2n) is 8.63. The van der Waals surface area contributed by atoms with Gasteiger partial charge in [-0.2, -0.15) is 0 Å². The van der Waals surface area contributed by atoms with E-state index in [4.69, 9.17) is 18.9 Å². The summed E-state index contributed by atoms with van der Waals surface area (Å²) in [6.45, 7) is 0.793. The fourth-order valence-corrected chi connectivity index (χ4v) is 5.65. The first kappa shape index (κ1) is 23.8. The number of hydrogen-bond acceptors (Lipinski definition) is 9. The van der Waals surface area contributed by atoms with Gasteiger partial charge in [0, 0.05) is 5.56 Å². The molecule has 9 nitrogen and oxygen atoms in total. The summed E-state index contributed by atoms with van der Waals surface area (Å²) in [5, 5.41) is 11.8. The number of ketones is 1. The highest BCUT2D eigenvalue weighted by molar-refractivity contribution is 7.22. The highest BCUT2D eigenvalue weighted by atomic mass is 32.1. The first-order valence-corrected chi connectivity index (χ1v) is 12.6. The van der Waals surface area contributed by atoms with Gasteiger partial charge in [0.25, 0.3) is 5.78 Å². The van der Waals surface area contributed by atoms with E-state index in [-0.39, 0.29) is 11.3 Å². The van der Waals surface area contributed by atoms with Gasteiger partial charge in [-0.15, -0.1) is 0 Å². The summed E-state index contributed by atoms with van der Waals surface area (Å²) in [4.78, 5) is 33.0. The number of thiazole rings is 1. The van der Waals surface area contributed by atoms with Gasteiger partial charge >= 0.3 is 5.91 Å². The van der Waals surface area contributed by atoms with Crippen LogP contribution in [0.25, 0.3) is 16.0 Å². The summed E-state index contributed by atoms with van der Waals surface area (Å²) < 4.78 is 22.7. The van der Waals surface area contributed by atoms with Crippen LogP contribution in [0.2, 0.25) is 0 Å². The lowest BCUT2D eigenvalue weighted by Crippen LogP contribution is -2.29. The predicted molar refractivity (Wildman–Crippen MR) is 141 cm³/mol. The average Bonchev–Trinajstić information content (AvgIpc) is 3.49. The van der Waals surface area contributed by atoms with Crippen LogP contribution >= 0.6 is 11.3 Å². The maximum Gasteiger partial charge on any atom is 0.301 e. The molecule has 0 bridgehead atoms. The predicted octanol–water partition coefficient (Wildman–Crippen LogP) is 4.71. The fraction of sp³-hybridized carbons (Fsp3) is 0.179. The van der Waals surface area contributed by atoms with Crippen LogP contribution in [0.3, 0.4) is 0 Å². The number of hydrogen-bond donors (Lipinski definition) is 1. The third-order valence-electron chi connectivity index (χ3n) is 6.46. The van der Waals surface area contributed by atoms with Gasteiger partial charge in [-0.25, -0.2) is 4.98 Å². The monoisotopic (exact) mass is 530 g/mol. The molecule has 2 aliphatic rings. The first-order chi connectivity index (χ1) is 18.5. The van der Waals surface area contributed by atoms with Crippen molar-refractivity contribution in [3.05, 3.63) is 77.4 Å². The van der Waals surface area contributed by atoms with Gasteiger partial charge in [-0.3, -0.25) is 14.5 Å². The maximum absolute atomic E-state index is 13.5. The smallest absolute Gasteiger partial charge is 0.301 e. The molecule has 1 aromatic heterocycles. The van der Waals surface area contributed by atoms with Crippen LogP contribution in [0.5, 0.6) is 23.0 Å². The van der Waals surface area contributed by atoms with Crippen LogP contribution < -0.4 is 23.8 Å². The molecule has 1 saturated heterocycles. The SMILES string of the molecule is COc1cccc(C2C(=C(O)c3ccc4c(c3)OCCO4)C(=O)C(=O)N2c2nc3ccc(OC)cc3s2)c1. The number of rotatable bonds is 5. The number of fused-ring (bicyclic) bond motifs is 2. The summed E-state index contributed by atoms with van der Waals surface area (Å²) in [7, 11) is 3.11. The molecule has 3 aromatic carbocycles. The molecule has 1 amide bonds. The van der Waals surface area contributed by atoms with Crippen molar-refractivity contribution in [1.82, 2.24) is 4.98 Å². The van der Waals surface area contributed by atoms with Crippen molar-refractivity contribution >= 4 is 44.1 Å². The molecule has 0 aliphatic carbocycles. The van der Waals surface area contributed by atoms with E-state index in [0.29, 0.717) is 58.0 Å². The van der Waals surface area contributed by atoms with Gasteiger partial charge in [0.15, 0.2) is 16.6 Å². The number of benzene rings is 3. The van der Waals surface area contributed by atoms with Crippen LogP contribution in [0, 0.1) is 0 Å². The van der Waals surface area contributed by atoms with E-state index in [0.717, 1.165) is 4.70 Å². The Balaban J connectivity index is 1.54. The molecule has 1 atom stereocenters. The number of Topliss-reactive ketones (excluding diaryl/α,β-unsaturated/α-hetero) is 1. The van der Waals surface area contributed by atoms with Crippen molar-refractivity contribution in [3.63, 3.8) is 0 Å². The zero-order chi connectivity index (χ0) is 26.4. The number of aliphatic hydroxyl groups is 1. The molecule has 1 unspecified atom stereocenters. The average molecular weight is 531 g/mol. The van der Waals surface area contributed by atoms with E-state index < -0.39 is 17.7 Å². The summed E-state index contributed by atoms with van der Waals surface area (Å²) in [5.74, 6) is 0.262. The molecule has 192 valence electrons. The van der Waals surface area contributed by atoms with Gasteiger partial charge in [0.1, 0.15) is 30.5 Å². The second-order valence-corrected chi connectivity index (χ2v) is 9.64. The topological polar surface area (TPSA) is 107 Å². The number of carbonyl (C=O) groups is 2. The van der Waals surface area contributed by atoms with E-state index in [9.17, 15) is 14.7 Å². The molecule has 0 saturated carbocycles. The first-order valence-electron chi connectivity index (χ1n) is 11.8. The van der Waals surface area contributed by atoms with E-state index in [1.807, 2.05) is 6.07 Å². The quantitative estimate of drug-likeness (QED) is 0.225. The molecule has 0 radical (unpaired) electrons. The van der Waals surface area contributed by atoms with Crippen molar-refractivity contribution < 1.29 is 33.6 Å². The Morgan fingerprint density at radius 2 is 1.74 bits per heavy atom. The minimum atomic E-state index is -0.944. The van der Waals surface area contributed by atoms with E-state index in [2.05, 4.69) is 4.98 Å². The minimum Gasteiger partial charge on any atom is -0.507 e. The highest BCUT2D eigenvalue weighted by Crippen LogP contribution is 2.45. The molecule has 1 fully saturated rings. The molecule has 2 aliphatic heterocycles. The third-order valence-corrected chi connectivity index (χ3v) is 7.48. The van der Waals surface area contributed by atoms with Crippen molar-refractivity contribution in [2.24, 2.45) is 0 Å². The van der Waals surface area contributed by atoms with Crippen molar-refractivity contribution in [2.75, 3.05) is 32.3 Å². The Hall–Kier alpha value is -4.57. The molecular formula is C28H22N2O7S. The van der Waals surface area contributed by atoms with Crippen molar-refractivity contribution in [2.45, 2.75) is 6.04 Å². The second kappa shape index (κ2) is 9.38. The van der Waals surface area contributed by atoms with Crippen molar-refractivity contribution in [3.8, 4) is 23.0 Å². The molecule has 38 heavy (non-hydrogen) atoms. The van der Waals surface area contributed by atoms with Crippen LogP contribution in [-0.2, 0) is 9.59 Å². The molecule has 4 aromatic rings. The number of aliphatic hydroxyl groups excluding tert-OH is 1. The lowest BCUT2D eigenvalue weighted by Gasteiger charge is -2.23. The number of anilines is 1. The van der Waals surface area contributed by atoms with Gasteiger partial charge in [0.2, 0.25) is 0 Å². The fourth-order valence-electron chi connectivity index (χ4n) is 4.63. The highest BCUT2D eigenvalue weighted by Gasteiger charge is 2.48. The molecule has 10 heteroatoms. The Labute approximate surface area is 221 Å². The number of carbonyl (C=O) groups excluding carboxylic acids is 2. The summed E-state index contributed by atoms with van der Waals surface area (Å²) >= 11 is 1.26. The summed E-state index contributed by atoms with van der Waals surface area (Å²) in [6, 6.07) is 16.4. The van der Waals surface area contributed by atoms with Gasteiger partial charge in [0.05, 0.1) is 36.1 Å². The van der Waals surface area contributed by atoms with E-state index in [1.54, 1.807) is 61.7 Å². The standard InChI is InChI=1S/C28H22N2O7S/c1-34-17-5-3-4-15(12-17)24-23(25(31)16-6-9-20-21(13-16)37-11-10-36-20)26(32)27(33)30(24)28-29-19-8-7-18(35-2)14-22(19)38-28/h3-9,12-14,24,31H,10-11H2,1-2H3. The van der Waals surface area contributed by atoms with Crippen LogP contribution in [0.1, 0.15) is 17.2 Å². The van der Waals surface area contributed by atoms with Crippen LogP contribution in [-0.4, -0.2) is 49.2 Å². The van der Waals surface area contributed by atoms with E-state index in [1.165, 1.54) is 23.3 Å². The molecular weight excluding hydrogens is 508 g/mol. The number of ether oxygens (including phenoxy) is 4. The van der Waals surface area contributed by atoms with Crippen molar-refractivity contribution in [1.29, 1.82) is 0 Å². The third kappa shape index (κ3) is 3.90. The van der Waals surface area contributed by atoms with Crippen LogP contribution in [0.15, 0.2) is 66.2 Å². The largest absolute Gasteiger partial charge is 0.507 e. The van der Waals surface area contributed by atoms with Gasteiger partial charge < -0.3 is 24.1 Å². The number of methoxy groups -OCH3 is 2. The van der Waals surface area contributed by atoms with Crippen LogP contribution in [0.4, 0.5) is 5.13 Å². The normalized spacial score (nSPS) is 18.2. The van der Waals surface area contributed by atoms with Gasteiger partial charge in [-0.05, 0) is 54.1 Å². The number of amides is 1. The maximum atomic E-state index is 13.5. The Morgan fingerprint density at radius 3 is 2.53 bits per heavy atom. The van der Waals surface area contributed by atoms with Gasteiger partial charge in [-0.1, -0.05) is 23.5 Å². The summed E-state index contributed by atoms with van der Waals surface area (Å²) in [6.07, 6.45) is 0. The number of nitrogens with zero attached hydrogens (tertiary/aromatic N) is 2. The Kier molecular flexibility index (Phi) is 5.88. The zero-order valence-corrected chi connectivity index (χ0v) is 21.3. The summed E-state index contributed by atoms with van der Waals surface area (Å²) in [5.41, 5.74) is 1.51. The zero-order valence-electron chi connectivity index (χ0n) is 20.5. The Bertz CT molecular complexity index is 1630. The van der Waals surface area contributed by atoms with E-state index >= 15 is 0 Å². The molecule has 3 heterocycles. The minimum absolute atomic E-state index is 0.0585. The molecule has 6 rings (SSSR count). The lowest BCUT2D eigenvalue weighted by atomic mass is 9.95. The Morgan fingerprint density at radius 1 is 0.974 bits per heavy atom. The molecule has 1 N–H and O–H groups in total.